The van der Waals surface area contributed by atoms with E-state index in [1.165, 1.54) is 0 Å². The summed E-state index contributed by atoms with van der Waals surface area (Å²) in [6.07, 6.45) is 1.13. The first-order valence-corrected chi connectivity index (χ1v) is 8.86. The molecule has 1 N–H and O–H groups in total. The third kappa shape index (κ3) is 2.93. The Labute approximate surface area is 143 Å². The van der Waals surface area contributed by atoms with E-state index < -0.39 is 0 Å². The summed E-state index contributed by atoms with van der Waals surface area (Å²) >= 11 is 7.67. The quantitative estimate of drug-likeness (QED) is 0.911. The third-order valence-electron chi connectivity index (χ3n) is 4.14. The van der Waals surface area contributed by atoms with E-state index in [0.29, 0.717) is 18.1 Å². The van der Waals surface area contributed by atoms with Crippen LogP contribution in [-0.4, -0.2) is 35.7 Å². The minimum absolute atomic E-state index is 0.0165. The molecule has 23 heavy (non-hydrogen) atoms. The Kier molecular flexibility index (Phi) is 3.95. The van der Waals surface area contributed by atoms with Gasteiger partial charge in [-0.1, -0.05) is 23.4 Å². The number of amidine groups is 1. The van der Waals surface area contributed by atoms with Crippen LogP contribution in [0.25, 0.3) is 0 Å². The van der Waals surface area contributed by atoms with Gasteiger partial charge in [0.05, 0.1) is 25.6 Å². The van der Waals surface area contributed by atoms with E-state index in [-0.39, 0.29) is 11.9 Å². The van der Waals surface area contributed by atoms with Crippen LogP contribution in [0.4, 0.5) is 0 Å². The van der Waals surface area contributed by atoms with E-state index in [1.807, 2.05) is 17.5 Å². The summed E-state index contributed by atoms with van der Waals surface area (Å²) in [6.45, 7) is 2.28. The second-order valence-electron chi connectivity index (χ2n) is 5.66. The van der Waals surface area contributed by atoms with E-state index in [9.17, 15) is 4.79 Å². The number of fused-ring (bicyclic) bond motifs is 2. The van der Waals surface area contributed by atoms with Crippen LogP contribution >= 0.6 is 23.4 Å². The van der Waals surface area contributed by atoms with Gasteiger partial charge in [-0.15, -0.1) is 0 Å². The van der Waals surface area contributed by atoms with Gasteiger partial charge in [0.25, 0.3) is 0 Å². The molecule has 0 saturated carbocycles. The molecule has 0 fully saturated rings. The number of hydrogen-bond acceptors (Lipinski definition) is 5. The van der Waals surface area contributed by atoms with Gasteiger partial charge in [0.2, 0.25) is 5.91 Å². The zero-order chi connectivity index (χ0) is 15.8. The van der Waals surface area contributed by atoms with Crippen molar-refractivity contribution in [1.29, 1.82) is 0 Å². The summed E-state index contributed by atoms with van der Waals surface area (Å²) < 4.78 is 5.63. The highest BCUT2D eigenvalue weighted by atomic mass is 35.5. The van der Waals surface area contributed by atoms with Gasteiger partial charge in [-0.05, 0) is 23.6 Å². The number of nitrogens with one attached hydrogen (secondary N) is 1. The lowest BCUT2D eigenvalue weighted by molar-refractivity contribution is -0.121. The number of ether oxygens (including phenoxy) is 1. The Bertz CT molecular complexity index is 719. The van der Waals surface area contributed by atoms with Crippen LogP contribution in [0.2, 0.25) is 5.02 Å². The number of nitrogens with zero attached hydrogens (tertiary/aromatic N) is 2. The third-order valence-corrected chi connectivity index (χ3v) is 5.32. The van der Waals surface area contributed by atoms with Crippen LogP contribution < -0.4 is 10.1 Å². The lowest BCUT2D eigenvalue weighted by atomic mass is 10.0. The van der Waals surface area contributed by atoms with Crippen LogP contribution in [0.1, 0.15) is 24.4 Å². The number of amides is 1. The number of hydrogen-bond donors (Lipinski definition) is 1. The zero-order valence-electron chi connectivity index (χ0n) is 12.4. The van der Waals surface area contributed by atoms with Gasteiger partial charge in [-0.2, -0.15) is 0 Å². The van der Waals surface area contributed by atoms with Crippen molar-refractivity contribution in [2.24, 2.45) is 4.99 Å². The molecule has 1 aromatic carbocycles. The van der Waals surface area contributed by atoms with Gasteiger partial charge in [-0.25, -0.2) is 0 Å². The maximum absolute atomic E-state index is 12.4. The van der Waals surface area contributed by atoms with Crippen LogP contribution in [0.3, 0.4) is 0 Å². The topological polar surface area (TPSA) is 53.9 Å². The van der Waals surface area contributed by atoms with Gasteiger partial charge >= 0.3 is 0 Å². The SMILES string of the molecule is O=C(CC1=CSC2=NCCN12)NC1CCOc2ccc(Cl)cc21. The fourth-order valence-corrected chi connectivity index (χ4v) is 4.17. The fraction of sp³-hybridized carbons (Fsp3) is 0.375. The zero-order valence-corrected chi connectivity index (χ0v) is 14.0. The molecule has 5 nitrogen and oxygen atoms in total. The molecule has 4 rings (SSSR count). The molecule has 0 spiro atoms. The first-order valence-electron chi connectivity index (χ1n) is 7.60. The fourth-order valence-electron chi connectivity index (χ4n) is 3.04. The van der Waals surface area contributed by atoms with Gasteiger partial charge in [0, 0.05) is 29.2 Å². The van der Waals surface area contributed by atoms with Crippen molar-refractivity contribution < 1.29 is 9.53 Å². The Balaban J connectivity index is 1.44. The molecule has 0 saturated heterocycles. The van der Waals surface area contributed by atoms with Crippen molar-refractivity contribution in [2.75, 3.05) is 19.7 Å². The highest BCUT2D eigenvalue weighted by Gasteiger charge is 2.29. The Morgan fingerprint density at radius 1 is 1.52 bits per heavy atom. The number of rotatable bonds is 3. The highest BCUT2D eigenvalue weighted by Crippen LogP contribution is 2.35. The maximum Gasteiger partial charge on any atom is 0.226 e. The summed E-state index contributed by atoms with van der Waals surface area (Å²) in [6, 6.07) is 5.49. The van der Waals surface area contributed by atoms with Crippen molar-refractivity contribution in [3.05, 3.63) is 39.9 Å². The molecule has 1 amide bonds. The summed E-state index contributed by atoms with van der Waals surface area (Å²) in [7, 11) is 0. The Hall–Kier alpha value is -1.66. The van der Waals surface area contributed by atoms with Crippen LogP contribution in [-0.2, 0) is 4.79 Å². The number of thioether (sulfide) groups is 1. The first-order chi connectivity index (χ1) is 11.2. The monoisotopic (exact) mass is 349 g/mol. The second kappa shape index (κ2) is 6.09. The van der Waals surface area contributed by atoms with E-state index >= 15 is 0 Å². The number of benzene rings is 1. The molecule has 3 heterocycles. The van der Waals surface area contributed by atoms with Crippen molar-refractivity contribution in [2.45, 2.75) is 18.9 Å². The molecule has 0 bridgehead atoms. The van der Waals surface area contributed by atoms with Crippen LogP contribution in [0.15, 0.2) is 34.3 Å². The van der Waals surface area contributed by atoms with Gasteiger partial charge in [0.1, 0.15) is 5.75 Å². The van der Waals surface area contributed by atoms with E-state index in [2.05, 4.69) is 15.2 Å². The predicted octanol–water partition coefficient (Wildman–Crippen LogP) is 2.93. The molecule has 0 aliphatic carbocycles. The predicted molar refractivity (Wildman–Crippen MR) is 91.7 cm³/mol. The van der Waals surface area contributed by atoms with Crippen molar-refractivity contribution in [3.8, 4) is 5.75 Å². The molecule has 0 aromatic heterocycles. The molecule has 1 atom stereocenters. The lowest BCUT2D eigenvalue weighted by Gasteiger charge is -2.27. The second-order valence-corrected chi connectivity index (χ2v) is 6.93. The molecular formula is C16H16ClN3O2S. The molecule has 3 aliphatic heterocycles. The maximum atomic E-state index is 12.4. The molecule has 1 unspecified atom stereocenters. The van der Waals surface area contributed by atoms with Gasteiger partial charge in [-0.3, -0.25) is 9.79 Å². The largest absolute Gasteiger partial charge is 0.493 e. The smallest absolute Gasteiger partial charge is 0.226 e. The number of carbonyl (C=O) groups excluding carboxylic acids is 1. The summed E-state index contributed by atoms with van der Waals surface area (Å²) in [4.78, 5) is 19.0. The van der Waals surface area contributed by atoms with Crippen LogP contribution in [0.5, 0.6) is 5.75 Å². The Morgan fingerprint density at radius 3 is 3.35 bits per heavy atom. The lowest BCUT2D eigenvalue weighted by Crippen LogP contribution is -2.33. The highest BCUT2D eigenvalue weighted by molar-refractivity contribution is 8.16. The normalized spacial score (nSPS) is 22.0. The van der Waals surface area contributed by atoms with E-state index in [4.69, 9.17) is 16.3 Å². The summed E-state index contributed by atoms with van der Waals surface area (Å²) in [5.41, 5.74) is 1.98. The minimum atomic E-state index is -0.0497. The molecule has 0 radical (unpaired) electrons. The molecular weight excluding hydrogens is 334 g/mol. The van der Waals surface area contributed by atoms with Gasteiger partial charge < -0.3 is 15.0 Å². The minimum Gasteiger partial charge on any atom is -0.493 e. The van der Waals surface area contributed by atoms with Crippen LogP contribution in [0, 0.1) is 0 Å². The number of halogens is 1. The van der Waals surface area contributed by atoms with Crippen molar-refractivity contribution >= 4 is 34.4 Å². The van der Waals surface area contributed by atoms with Gasteiger partial charge in [0.15, 0.2) is 5.17 Å². The van der Waals surface area contributed by atoms with E-state index in [0.717, 1.165) is 41.7 Å². The van der Waals surface area contributed by atoms with Crippen molar-refractivity contribution in [3.63, 3.8) is 0 Å². The molecule has 3 aliphatic rings. The molecule has 120 valence electrons. The standard InChI is InChI=1S/C16H16ClN3O2S/c17-10-1-2-14-12(7-10)13(3-6-22-14)19-15(21)8-11-9-23-16-18-4-5-20(11)16/h1-2,7,9,13H,3-6,8H2,(H,19,21). The summed E-state index contributed by atoms with van der Waals surface area (Å²) in [5, 5.41) is 6.80. The van der Waals surface area contributed by atoms with E-state index in [1.54, 1.807) is 17.8 Å². The average molecular weight is 350 g/mol. The first kappa shape index (κ1) is 14.9. The van der Waals surface area contributed by atoms with Crippen molar-refractivity contribution in [1.82, 2.24) is 10.2 Å². The number of aliphatic imine (C=N–C) groups is 1. The molecule has 7 heteroatoms. The summed E-state index contributed by atoms with van der Waals surface area (Å²) in [5.74, 6) is 0.818. The number of carbonyl (C=O) groups is 1. The molecule has 1 aromatic rings. The Morgan fingerprint density at radius 2 is 2.43 bits per heavy atom. The average Bonchev–Trinajstić information content (AvgIpc) is 3.13.